The predicted octanol–water partition coefficient (Wildman–Crippen LogP) is 15.9. The van der Waals surface area contributed by atoms with Gasteiger partial charge in [0.05, 0.1) is 23.3 Å². The van der Waals surface area contributed by atoms with Gasteiger partial charge in [-0.15, -0.1) is 0 Å². The Hall–Kier alpha value is -7.32. The maximum absolute atomic E-state index is 5.53. The normalized spacial score (nSPS) is 13.1. The molecule has 2 aliphatic rings. The van der Waals surface area contributed by atoms with E-state index in [0.29, 0.717) is 45.9 Å². The summed E-state index contributed by atoms with van der Waals surface area (Å²) in [6, 6.07) is 44.2. The van der Waals surface area contributed by atoms with Crippen LogP contribution in [-0.4, -0.2) is 29.9 Å². The Morgan fingerprint density at radius 1 is 0.288 bits per heavy atom. The monoisotopic (exact) mass is 992 g/mol. The number of hydrogen-bond donors (Lipinski definition) is 0. The van der Waals surface area contributed by atoms with Crippen molar-refractivity contribution < 1.29 is 17.1 Å². The van der Waals surface area contributed by atoms with Crippen molar-refractivity contribution in [1.82, 2.24) is 39.9 Å². The third-order valence-corrected chi connectivity index (χ3v) is 15.1. The molecule has 2 aliphatic heterocycles. The van der Waals surface area contributed by atoms with Crippen LogP contribution in [0, 0.1) is 0 Å². The van der Waals surface area contributed by atoms with E-state index < -0.39 is 0 Å². The van der Waals surface area contributed by atoms with E-state index in [9.17, 15) is 0 Å². The van der Waals surface area contributed by atoms with Gasteiger partial charge in [0.25, 0.3) is 0 Å². The van der Waals surface area contributed by atoms with E-state index >= 15 is 0 Å². The molecule has 8 nitrogen and oxygen atoms in total. The maximum atomic E-state index is 5.53. The molecule has 0 saturated heterocycles. The van der Waals surface area contributed by atoms with Crippen LogP contribution < -0.4 is 9.97 Å². The number of benzene rings is 8. The van der Waals surface area contributed by atoms with Gasteiger partial charge in [0.1, 0.15) is 0 Å². The van der Waals surface area contributed by atoms with Crippen LogP contribution in [0.1, 0.15) is 105 Å². The van der Waals surface area contributed by atoms with E-state index in [1.807, 2.05) is 0 Å². The number of rotatable bonds is 0. The molecule has 3 aromatic heterocycles. The SMILES string of the molecule is CC(C)(C)c1ccc2ccc3c(c2c1)-c1nc-3nc2[n-]c(nc3nc(nc4[n-]c(n1)c1ccc5ccc(C(C)(C)C)cc5c41)-c1ccc4ccc(C(C)(C)C)cc4c1-3)c1ccc3ccc(C(C)(C)C)cc3c21.[Fe+2]. The van der Waals surface area contributed by atoms with Crippen LogP contribution in [0.2, 0.25) is 0 Å². The van der Waals surface area contributed by atoms with Crippen LogP contribution in [0.4, 0.5) is 0 Å². The van der Waals surface area contributed by atoms with E-state index in [-0.39, 0.29) is 38.7 Å². The second-order valence-corrected chi connectivity index (χ2v) is 24.2. The molecule has 73 heavy (non-hydrogen) atoms. The third kappa shape index (κ3) is 7.45. The van der Waals surface area contributed by atoms with E-state index in [2.05, 4.69) is 204 Å². The third-order valence-electron chi connectivity index (χ3n) is 15.1. The van der Waals surface area contributed by atoms with Gasteiger partial charge in [-0.25, -0.2) is 9.97 Å². The summed E-state index contributed by atoms with van der Waals surface area (Å²) in [5, 5.41) is 12.2. The van der Waals surface area contributed by atoms with E-state index in [0.717, 1.165) is 86.9 Å². The molecule has 0 fully saturated rings. The standard InChI is InChI=1S/C64H56N8.Fe/c1-61(2,3)37-21-13-33-17-25-41-49(45(33)29-37)57-65-53(41)70-58-51-43(27-19-35-15-23-39(31-47(35)51)63(7,8)9)55(67-58)72-60-52-44(28-20-36-16-24-40(32-48(36)52)64(10,11)12)56(68-60)71-59-50-42(54(66-59)69-57)26-18-34-14-22-38(30-46(34)50)62(4,5)6;/h13-32H,1-12H3;/q-2;+2. The largest absolute Gasteiger partial charge is 2.00 e. The molecular weight excluding hydrogens is 937 g/mol. The zero-order chi connectivity index (χ0) is 50.0. The molecule has 11 aromatic rings. The number of hydrogen-bond acceptors (Lipinski definition) is 6. The van der Waals surface area contributed by atoms with E-state index in [1.54, 1.807) is 0 Å². The minimum atomic E-state index is -0.0924. The molecule has 0 saturated carbocycles. The van der Waals surface area contributed by atoms with Crippen LogP contribution in [-0.2, 0) is 38.7 Å². The summed E-state index contributed by atoms with van der Waals surface area (Å²) < 4.78 is 0. The molecule has 5 heterocycles. The fourth-order valence-corrected chi connectivity index (χ4v) is 10.8. The van der Waals surface area contributed by atoms with Gasteiger partial charge in [-0.05, 0) is 122 Å². The molecule has 0 amide bonds. The molecule has 0 radical (unpaired) electrons. The Labute approximate surface area is 435 Å². The molecule has 13 rings (SSSR count). The van der Waals surface area contributed by atoms with Gasteiger partial charge in [-0.2, -0.15) is 0 Å². The zero-order valence-electron chi connectivity index (χ0n) is 43.5. The van der Waals surface area contributed by atoms with Crippen molar-refractivity contribution in [3.05, 3.63) is 144 Å². The van der Waals surface area contributed by atoms with Crippen molar-refractivity contribution in [2.45, 2.75) is 105 Å². The van der Waals surface area contributed by atoms with Crippen molar-refractivity contribution in [3.63, 3.8) is 0 Å². The first-order chi connectivity index (χ1) is 34.2. The Kier molecular flexibility index (Phi) is 10.1. The first-order valence-corrected chi connectivity index (χ1v) is 25.2. The van der Waals surface area contributed by atoms with Crippen LogP contribution >= 0.6 is 0 Å². The summed E-state index contributed by atoms with van der Waals surface area (Å²) in [5.74, 6) is 2.16. The van der Waals surface area contributed by atoms with Gasteiger partial charge >= 0.3 is 17.1 Å². The summed E-state index contributed by atoms with van der Waals surface area (Å²) in [7, 11) is 0. The molecular formula is C64H56FeN8. The van der Waals surface area contributed by atoms with Crippen LogP contribution in [0.5, 0.6) is 0 Å². The van der Waals surface area contributed by atoms with Gasteiger partial charge in [0.15, 0.2) is 0 Å². The van der Waals surface area contributed by atoms with Crippen molar-refractivity contribution in [1.29, 1.82) is 0 Å². The molecule has 0 unspecified atom stereocenters. The van der Waals surface area contributed by atoms with Crippen molar-refractivity contribution in [3.8, 4) is 45.6 Å². The number of fused-ring (bicyclic) bond motifs is 28. The second kappa shape index (κ2) is 15.8. The van der Waals surface area contributed by atoms with Crippen LogP contribution in [0.3, 0.4) is 0 Å². The molecule has 8 aromatic carbocycles. The minimum absolute atomic E-state index is 0. The molecule has 0 N–H and O–H groups in total. The number of nitrogens with zero attached hydrogens (tertiary/aromatic N) is 8. The van der Waals surface area contributed by atoms with Gasteiger partial charge in [-0.1, -0.05) is 180 Å². The van der Waals surface area contributed by atoms with Gasteiger partial charge < -0.3 is 29.9 Å². The Morgan fingerprint density at radius 2 is 0.575 bits per heavy atom. The molecule has 0 spiro atoms. The summed E-state index contributed by atoms with van der Waals surface area (Å²) >= 11 is 0. The maximum Gasteiger partial charge on any atom is 2.00 e. The molecule has 0 aliphatic carbocycles. The fraction of sp³-hybridized carbons (Fsp3) is 0.250. The van der Waals surface area contributed by atoms with Crippen LogP contribution in [0.25, 0.3) is 133 Å². The first kappa shape index (κ1) is 46.7. The quantitative estimate of drug-likeness (QED) is 0.138. The Morgan fingerprint density at radius 3 is 0.918 bits per heavy atom. The van der Waals surface area contributed by atoms with Gasteiger partial charge in [0.2, 0.25) is 0 Å². The van der Waals surface area contributed by atoms with Crippen LogP contribution in [0.15, 0.2) is 121 Å². The molecule has 9 heteroatoms. The fourth-order valence-electron chi connectivity index (χ4n) is 10.8. The molecule has 0 atom stereocenters. The predicted molar refractivity (Wildman–Crippen MR) is 299 cm³/mol. The van der Waals surface area contributed by atoms with Gasteiger partial charge in [-0.3, -0.25) is 0 Å². The molecule has 360 valence electrons. The summed E-state index contributed by atoms with van der Waals surface area (Å²) in [5.41, 5.74) is 10.3. The second-order valence-electron chi connectivity index (χ2n) is 24.2. The summed E-state index contributed by atoms with van der Waals surface area (Å²) in [4.78, 5) is 43.8. The van der Waals surface area contributed by atoms with Gasteiger partial charge in [0, 0.05) is 55.6 Å². The average Bonchev–Trinajstić information content (AvgIpc) is 4.08. The summed E-state index contributed by atoms with van der Waals surface area (Å²) in [6.07, 6.45) is 0. The smallest absolute Gasteiger partial charge is 0.357 e. The first-order valence-electron chi connectivity index (χ1n) is 25.2. The number of aromatic nitrogens is 8. The van der Waals surface area contributed by atoms with Crippen molar-refractivity contribution >= 4 is 87.2 Å². The van der Waals surface area contributed by atoms with Crippen molar-refractivity contribution in [2.75, 3.05) is 0 Å². The van der Waals surface area contributed by atoms with E-state index in [1.165, 1.54) is 22.3 Å². The Bertz CT molecular complexity index is 4100. The zero-order valence-corrected chi connectivity index (χ0v) is 44.6. The summed E-state index contributed by atoms with van der Waals surface area (Å²) in [6.45, 7) is 27.0. The van der Waals surface area contributed by atoms with E-state index in [4.69, 9.17) is 39.9 Å². The topological polar surface area (TPSA) is 106 Å². The minimum Gasteiger partial charge on any atom is -0.357 e. The Balaban J connectivity index is 0.00000543. The van der Waals surface area contributed by atoms with Crippen molar-refractivity contribution in [2.24, 2.45) is 0 Å². The average molecular weight is 993 g/mol. The molecule has 8 bridgehead atoms.